The maximum atomic E-state index is 12.0. The zero-order chi connectivity index (χ0) is 13.7. The Morgan fingerprint density at radius 3 is 2.95 bits per heavy atom. The molecular formula is C15H15N3O. The van der Waals surface area contributed by atoms with Crippen LogP contribution in [0.4, 0.5) is 5.69 Å². The number of benzene rings is 1. The van der Waals surface area contributed by atoms with Crippen LogP contribution in [0.1, 0.15) is 19.8 Å². The van der Waals surface area contributed by atoms with Gasteiger partial charge in [-0.1, -0.05) is 31.5 Å². The number of carbonyl (C=O) groups is 1. The van der Waals surface area contributed by atoms with Crippen LogP contribution in [0.3, 0.4) is 0 Å². The fourth-order valence-electron chi connectivity index (χ4n) is 1.97. The third-order valence-corrected chi connectivity index (χ3v) is 2.94. The summed E-state index contributed by atoms with van der Waals surface area (Å²) in [6, 6.07) is 11.4. The number of amides is 1. The number of nitrogens with zero attached hydrogens (tertiary/aromatic N) is 2. The quantitative estimate of drug-likeness (QED) is 0.910. The van der Waals surface area contributed by atoms with E-state index in [9.17, 15) is 4.79 Å². The predicted molar refractivity (Wildman–Crippen MR) is 74.4 cm³/mol. The summed E-state index contributed by atoms with van der Waals surface area (Å²) in [5.41, 5.74) is 1.39. The van der Waals surface area contributed by atoms with Crippen molar-refractivity contribution in [2.75, 3.05) is 5.32 Å². The number of pyridine rings is 1. The lowest BCUT2D eigenvalue weighted by atomic mass is 10.0. The molecule has 4 heteroatoms. The molecule has 1 N–H and O–H groups in total. The molecule has 0 spiro atoms. The molecule has 1 aromatic heterocycles. The van der Waals surface area contributed by atoms with Crippen LogP contribution in [-0.4, -0.2) is 10.9 Å². The molecule has 1 heterocycles. The van der Waals surface area contributed by atoms with Gasteiger partial charge in [0.1, 0.15) is 5.92 Å². The van der Waals surface area contributed by atoms with Gasteiger partial charge in [-0.15, -0.1) is 0 Å². The number of carbonyl (C=O) groups excluding carboxylic acids is 1. The Morgan fingerprint density at radius 1 is 1.42 bits per heavy atom. The number of anilines is 1. The molecule has 1 unspecified atom stereocenters. The second-order valence-corrected chi connectivity index (χ2v) is 4.34. The lowest BCUT2D eigenvalue weighted by Crippen LogP contribution is -2.21. The predicted octanol–water partition coefficient (Wildman–Crippen LogP) is 3.11. The van der Waals surface area contributed by atoms with E-state index in [0.29, 0.717) is 12.1 Å². The van der Waals surface area contributed by atoms with Crippen LogP contribution in [0.2, 0.25) is 0 Å². The Kier molecular flexibility index (Phi) is 4.09. The van der Waals surface area contributed by atoms with Crippen molar-refractivity contribution in [2.24, 2.45) is 5.92 Å². The second kappa shape index (κ2) is 5.96. The van der Waals surface area contributed by atoms with Crippen molar-refractivity contribution in [1.82, 2.24) is 4.98 Å². The molecule has 96 valence electrons. The number of nitriles is 1. The summed E-state index contributed by atoms with van der Waals surface area (Å²) >= 11 is 0. The summed E-state index contributed by atoms with van der Waals surface area (Å²) < 4.78 is 0. The minimum atomic E-state index is -0.607. The van der Waals surface area contributed by atoms with Crippen LogP contribution < -0.4 is 5.32 Å². The lowest BCUT2D eigenvalue weighted by molar-refractivity contribution is -0.118. The number of rotatable bonds is 4. The highest BCUT2D eigenvalue weighted by Crippen LogP contribution is 2.21. The fourth-order valence-corrected chi connectivity index (χ4v) is 1.97. The average Bonchev–Trinajstić information content (AvgIpc) is 2.45. The van der Waals surface area contributed by atoms with E-state index in [1.165, 1.54) is 0 Å². The van der Waals surface area contributed by atoms with Crippen molar-refractivity contribution in [3.8, 4) is 6.07 Å². The van der Waals surface area contributed by atoms with Crippen LogP contribution >= 0.6 is 0 Å². The van der Waals surface area contributed by atoms with Crippen molar-refractivity contribution in [1.29, 1.82) is 5.26 Å². The number of hydrogen-bond donors (Lipinski definition) is 1. The van der Waals surface area contributed by atoms with Gasteiger partial charge < -0.3 is 5.32 Å². The summed E-state index contributed by atoms with van der Waals surface area (Å²) in [7, 11) is 0. The molecular weight excluding hydrogens is 238 g/mol. The largest absolute Gasteiger partial charge is 0.323 e. The first-order chi connectivity index (χ1) is 9.26. The average molecular weight is 253 g/mol. The molecule has 0 saturated carbocycles. The summed E-state index contributed by atoms with van der Waals surface area (Å²) in [6.07, 6.45) is 3.06. The SMILES string of the molecule is CCCC(C#N)C(=O)Nc1cccc2cccnc12. The van der Waals surface area contributed by atoms with Crippen LogP contribution in [0.15, 0.2) is 36.5 Å². The molecule has 2 aromatic rings. The highest BCUT2D eigenvalue weighted by molar-refractivity contribution is 6.01. The molecule has 1 amide bonds. The Bertz CT molecular complexity index is 625. The third kappa shape index (κ3) is 2.89. The van der Waals surface area contributed by atoms with Crippen molar-refractivity contribution in [2.45, 2.75) is 19.8 Å². The van der Waals surface area contributed by atoms with E-state index in [1.54, 1.807) is 12.3 Å². The number of para-hydroxylation sites is 1. The molecule has 1 aromatic carbocycles. The maximum Gasteiger partial charge on any atom is 0.241 e. The zero-order valence-corrected chi connectivity index (χ0v) is 10.8. The van der Waals surface area contributed by atoms with Gasteiger partial charge in [0, 0.05) is 11.6 Å². The standard InChI is InChI=1S/C15H15N3O/c1-2-5-12(10-16)15(19)18-13-8-3-6-11-7-4-9-17-14(11)13/h3-4,6-9,12H,2,5H2,1H3,(H,18,19). The van der Waals surface area contributed by atoms with Gasteiger partial charge in [-0.05, 0) is 18.6 Å². The molecule has 2 rings (SSSR count). The van der Waals surface area contributed by atoms with Crippen LogP contribution in [0, 0.1) is 17.2 Å². The van der Waals surface area contributed by atoms with Gasteiger partial charge in [-0.3, -0.25) is 9.78 Å². The number of hydrogen-bond acceptors (Lipinski definition) is 3. The van der Waals surface area contributed by atoms with Gasteiger partial charge in [0.15, 0.2) is 0 Å². The van der Waals surface area contributed by atoms with E-state index in [1.807, 2.05) is 37.3 Å². The van der Waals surface area contributed by atoms with Crippen LogP contribution in [0.5, 0.6) is 0 Å². The monoisotopic (exact) mass is 253 g/mol. The van der Waals surface area contributed by atoms with E-state index >= 15 is 0 Å². The third-order valence-electron chi connectivity index (χ3n) is 2.94. The Balaban J connectivity index is 2.27. The minimum absolute atomic E-state index is 0.262. The number of fused-ring (bicyclic) bond motifs is 1. The minimum Gasteiger partial charge on any atom is -0.323 e. The van der Waals surface area contributed by atoms with Gasteiger partial charge in [0.2, 0.25) is 5.91 Å². The molecule has 0 aliphatic carbocycles. The molecule has 0 fully saturated rings. The van der Waals surface area contributed by atoms with E-state index in [0.717, 1.165) is 17.3 Å². The van der Waals surface area contributed by atoms with E-state index < -0.39 is 5.92 Å². The van der Waals surface area contributed by atoms with Gasteiger partial charge in [-0.25, -0.2) is 0 Å². The molecule has 19 heavy (non-hydrogen) atoms. The topological polar surface area (TPSA) is 65.8 Å². The van der Waals surface area contributed by atoms with Gasteiger partial charge in [0.25, 0.3) is 0 Å². The maximum absolute atomic E-state index is 12.0. The molecule has 0 aliphatic rings. The molecule has 4 nitrogen and oxygen atoms in total. The van der Waals surface area contributed by atoms with Crippen molar-refractivity contribution in [3.63, 3.8) is 0 Å². The molecule has 0 bridgehead atoms. The molecule has 0 radical (unpaired) electrons. The van der Waals surface area contributed by atoms with Gasteiger partial charge in [-0.2, -0.15) is 5.26 Å². The van der Waals surface area contributed by atoms with Crippen LogP contribution in [-0.2, 0) is 4.79 Å². The van der Waals surface area contributed by atoms with Crippen molar-refractivity contribution >= 4 is 22.5 Å². The van der Waals surface area contributed by atoms with Crippen molar-refractivity contribution in [3.05, 3.63) is 36.5 Å². The van der Waals surface area contributed by atoms with Crippen molar-refractivity contribution < 1.29 is 4.79 Å². The summed E-state index contributed by atoms with van der Waals surface area (Å²) in [5.74, 6) is -0.869. The first kappa shape index (κ1) is 13.0. The fraction of sp³-hybridized carbons (Fsp3) is 0.267. The van der Waals surface area contributed by atoms with E-state index in [-0.39, 0.29) is 5.91 Å². The molecule has 1 atom stereocenters. The lowest BCUT2D eigenvalue weighted by Gasteiger charge is -2.10. The van der Waals surface area contributed by atoms with E-state index in [4.69, 9.17) is 5.26 Å². The van der Waals surface area contributed by atoms with Gasteiger partial charge >= 0.3 is 0 Å². The van der Waals surface area contributed by atoms with E-state index in [2.05, 4.69) is 10.3 Å². The Labute approximate surface area is 112 Å². The smallest absolute Gasteiger partial charge is 0.241 e. The second-order valence-electron chi connectivity index (χ2n) is 4.34. The Morgan fingerprint density at radius 2 is 2.21 bits per heavy atom. The summed E-state index contributed by atoms with van der Waals surface area (Å²) in [5, 5.41) is 12.8. The zero-order valence-electron chi connectivity index (χ0n) is 10.8. The summed E-state index contributed by atoms with van der Waals surface area (Å²) in [6.45, 7) is 1.96. The number of aromatic nitrogens is 1. The highest BCUT2D eigenvalue weighted by Gasteiger charge is 2.17. The van der Waals surface area contributed by atoms with Crippen LogP contribution in [0.25, 0.3) is 10.9 Å². The Hall–Kier alpha value is -2.41. The molecule has 0 saturated heterocycles. The summed E-state index contributed by atoms with van der Waals surface area (Å²) in [4.78, 5) is 16.3. The normalized spacial score (nSPS) is 11.8. The highest BCUT2D eigenvalue weighted by atomic mass is 16.1. The number of nitrogens with one attached hydrogen (secondary N) is 1. The first-order valence-corrected chi connectivity index (χ1v) is 6.30. The van der Waals surface area contributed by atoms with Gasteiger partial charge in [0.05, 0.1) is 17.3 Å². The molecule has 0 aliphatic heterocycles. The first-order valence-electron chi connectivity index (χ1n) is 6.30.